The lowest BCUT2D eigenvalue weighted by atomic mass is 10.1. The first-order valence-electron chi connectivity index (χ1n) is 4.22. The molecule has 0 fully saturated rings. The van der Waals surface area contributed by atoms with Crippen LogP contribution in [0.3, 0.4) is 0 Å². The number of aromatic amines is 1. The monoisotopic (exact) mass is 192 g/mol. The number of carbonyl (C=O) groups is 1. The highest BCUT2D eigenvalue weighted by molar-refractivity contribution is 6.08. The molecule has 1 aromatic carbocycles. The van der Waals surface area contributed by atoms with Crippen LogP contribution in [0.15, 0.2) is 24.4 Å². The van der Waals surface area contributed by atoms with Gasteiger partial charge in [0.15, 0.2) is 5.78 Å². The van der Waals surface area contributed by atoms with Gasteiger partial charge in [0, 0.05) is 22.7 Å². The maximum absolute atomic E-state index is 12.8. The highest BCUT2D eigenvalue weighted by atomic mass is 19.1. The number of fused-ring (bicyclic) bond motifs is 1. The van der Waals surface area contributed by atoms with Gasteiger partial charge in [-0.2, -0.15) is 0 Å². The van der Waals surface area contributed by atoms with Gasteiger partial charge in [-0.25, -0.2) is 4.39 Å². The quantitative estimate of drug-likeness (QED) is 0.707. The average molecular weight is 192 g/mol. The fraction of sp³-hybridized carbons (Fsp3) is 0.100. The molecule has 14 heavy (non-hydrogen) atoms. The summed E-state index contributed by atoms with van der Waals surface area (Å²) in [6, 6.07) is 4.25. The molecule has 0 spiro atoms. The van der Waals surface area contributed by atoms with Crippen molar-refractivity contribution >= 4 is 16.7 Å². The number of benzene rings is 1. The van der Waals surface area contributed by atoms with Gasteiger partial charge < -0.3 is 10.7 Å². The van der Waals surface area contributed by atoms with Crippen LogP contribution in [-0.4, -0.2) is 17.3 Å². The van der Waals surface area contributed by atoms with Crippen molar-refractivity contribution in [3.8, 4) is 0 Å². The standard InChI is InChI=1S/C10H9FN2O/c11-6-1-2-7-8(10(14)4-12)5-13-9(7)3-6/h1-3,5,13H,4,12H2. The molecular formula is C10H9FN2O. The lowest BCUT2D eigenvalue weighted by Crippen LogP contribution is -2.12. The molecule has 0 aliphatic heterocycles. The zero-order valence-corrected chi connectivity index (χ0v) is 7.38. The van der Waals surface area contributed by atoms with Crippen molar-refractivity contribution in [2.45, 2.75) is 0 Å². The first-order chi connectivity index (χ1) is 6.72. The molecular weight excluding hydrogens is 183 g/mol. The van der Waals surface area contributed by atoms with Crippen molar-refractivity contribution in [3.63, 3.8) is 0 Å². The predicted octanol–water partition coefficient (Wildman–Crippen LogP) is 1.45. The first kappa shape index (κ1) is 8.90. The number of halogens is 1. The number of ketones is 1. The van der Waals surface area contributed by atoms with Gasteiger partial charge in [0.2, 0.25) is 0 Å². The number of aromatic nitrogens is 1. The number of H-pyrrole nitrogens is 1. The molecule has 0 bridgehead atoms. The van der Waals surface area contributed by atoms with Gasteiger partial charge >= 0.3 is 0 Å². The molecule has 3 nitrogen and oxygen atoms in total. The summed E-state index contributed by atoms with van der Waals surface area (Å²) in [7, 11) is 0. The second-order valence-corrected chi connectivity index (χ2v) is 3.02. The molecule has 3 N–H and O–H groups in total. The number of rotatable bonds is 2. The Balaban J connectivity index is 2.64. The van der Waals surface area contributed by atoms with Crippen molar-refractivity contribution in [2.75, 3.05) is 6.54 Å². The van der Waals surface area contributed by atoms with Crippen molar-refractivity contribution in [2.24, 2.45) is 5.73 Å². The van der Waals surface area contributed by atoms with E-state index in [0.29, 0.717) is 16.5 Å². The van der Waals surface area contributed by atoms with E-state index in [4.69, 9.17) is 5.73 Å². The first-order valence-corrected chi connectivity index (χ1v) is 4.22. The average Bonchev–Trinajstić information content (AvgIpc) is 2.59. The van der Waals surface area contributed by atoms with Gasteiger partial charge in [-0.15, -0.1) is 0 Å². The molecule has 0 amide bonds. The summed E-state index contributed by atoms with van der Waals surface area (Å²) in [4.78, 5) is 14.2. The van der Waals surface area contributed by atoms with E-state index in [0.717, 1.165) is 0 Å². The Hall–Kier alpha value is -1.68. The predicted molar refractivity (Wildman–Crippen MR) is 51.6 cm³/mol. The topological polar surface area (TPSA) is 58.9 Å². The van der Waals surface area contributed by atoms with E-state index in [1.807, 2.05) is 0 Å². The van der Waals surface area contributed by atoms with Gasteiger partial charge in [0.1, 0.15) is 5.82 Å². The van der Waals surface area contributed by atoms with E-state index < -0.39 is 0 Å². The van der Waals surface area contributed by atoms with Crippen molar-refractivity contribution in [1.29, 1.82) is 0 Å². The number of carbonyl (C=O) groups excluding carboxylic acids is 1. The molecule has 0 radical (unpaired) electrons. The maximum Gasteiger partial charge on any atom is 0.178 e. The normalized spacial score (nSPS) is 10.7. The molecule has 0 aliphatic carbocycles. The molecule has 0 saturated heterocycles. The summed E-state index contributed by atoms with van der Waals surface area (Å²) in [5, 5.41) is 0.710. The zero-order valence-electron chi connectivity index (χ0n) is 7.38. The molecule has 0 atom stereocenters. The van der Waals surface area contributed by atoms with Crippen molar-refractivity contribution in [1.82, 2.24) is 4.98 Å². The van der Waals surface area contributed by atoms with Crippen LogP contribution < -0.4 is 5.73 Å². The number of hydrogen-bond donors (Lipinski definition) is 2. The van der Waals surface area contributed by atoms with Crippen LogP contribution in [0.4, 0.5) is 4.39 Å². The van der Waals surface area contributed by atoms with Crippen molar-refractivity contribution in [3.05, 3.63) is 35.8 Å². The largest absolute Gasteiger partial charge is 0.360 e. The van der Waals surface area contributed by atoms with E-state index in [9.17, 15) is 9.18 Å². The van der Waals surface area contributed by atoms with Crippen LogP contribution >= 0.6 is 0 Å². The summed E-state index contributed by atoms with van der Waals surface area (Å²) in [6.07, 6.45) is 1.55. The van der Waals surface area contributed by atoms with E-state index in [2.05, 4.69) is 4.98 Å². The lowest BCUT2D eigenvalue weighted by molar-refractivity contribution is 0.100. The molecule has 0 aliphatic rings. The molecule has 0 unspecified atom stereocenters. The van der Waals surface area contributed by atoms with Crippen LogP contribution in [0.25, 0.3) is 10.9 Å². The third-order valence-electron chi connectivity index (χ3n) is 2.13. The minimum absolute atomic E-state index is 0.0374. The Morgan fingerprint density at radius 3 is 3.00 bits per heavy atom. The minimum Gasteiger partial charge on any atom is -0.360 e. The molecule has 2 aromatic rings. The van der Waals surface area contributed by atoms with E-state index >= 15 is 0 Å². The fourth-order valence-electron chi connectivity index (χ4n) is 1.44. The smallest absolute Gasteiger partial charge is 0.178 e. The Morgan fingerprint density at radius 1 is 1.50 bits per heavy atom. The Bertz CT molecular complexity index is 490. The number of hydrogen-bond acceptors (Lipinski definition) is 2. The highest BCUT2D eigenvalue weighted by Crippen LogP contribution is 2.19. The van der Waals surface area contributed by atoms with Crippen LogP contribution in [0.2, 0.25) is 0 Å². The number of Topliss-reactive ketones (excluding diaryl/α,β-unsaturated/α-hetero) is 1. The Kier molecular flexibility index (Phi) is 2.05. The summed E-state index contributed by atoms with van der Waals surface area (Å²) in [5.41, 5.74) is 6.38. The molecule has 4 heteroatoms. The highest BCUT2D eigenvalue weighted by Gasteiger charge is 2.10. The summed E-state index contributed by atoms with van der Waals surface area (Å²) >= 11 is 0. The lowest BCUT2D eigenvalue weighted by Gasteiger charge is -1.94. The third kappa shape index (κ3) is 1.29. The second-order valence-electron chi connectivity index (χ2n) is 3.02. The van der Waals surface area contributed by atoms with Crippen LogP contribution in [0, 0.1) is 5.82 Å². The van der Waals surface area contributed by atoms with Gasteiger partial charge in [-0.3, -0.25) is 4.79 Å². The number of nitrogens with two attached hydrogens (primary N) is 1. The molecule has 2 rings (SSSR count). The van der Waals surface area contributed by atoms with Crippen LogP contribution in [-0.2, 0) is 0 Å². The van der Waals surface area contributed by atoms with Crippen LogP contribution in [0.5, 0.6) is 0 Å². The summed E-state index contributed by atoms with van der Waals surface area (Å²) in [6.45, 7) is -0.0374. The SMILES string of the molecule is NCC(=O)c1c[nH]c2cc(F)ccc12. The summed E-state index contributed by atoms with van der Waals surface area (Å²) < 4.78 is 12.8. The number of nitrogens with one attached hydrogen (secondary N) is 1. The van der Waals surface area contributed by atoms with Gasteiger partial charge in [-0.1, -0.05) is 0 Å². The van der Waals surface area contributed by atoms with Crippen LogP contribution in [0.1, 0.15) is 10.4 Å². The maximum atomic E-state index is 12.8. The minimum atomic E-state index is -0.328. The third-order valence-corrected chi connectivity index (χ3v) is 2.13. The van der Waals surface area contributed by atoms with E-state index in [-0.39, 0.29) is 18.1 Å². The Morgan fingerprint density at radius 2 is 2.29 bits per heavy atom. The van der Waals surface area contributed by atoms with Gasteiger partial charge in [-0.05, 0) is 18.2 Å². The van der Waals surface area contributed by atoms with E-state index in [1.54, 1.807) is 12.3 Å². The Labute approximate surface area is 79.7 Å². The summed E-state index contributed by atoms with van der Waals surface area (Å²) in [5.74, 6) is -0.478. The van der Waals surface area contributed by atoms with E-state index in [1.165, 1.54) is 12.1 Å². The van der Waals surface area contributed by atoms with Gasteiger partial charge in [0.05, 0.1) is 6.54 Å². The fourth-order valence-corrected chi connectivity index (χ4v) is 1.44. The zero-order chi connectivity index (χ0) is 10.1. The van der Waals surface area contributed by atoms with Crippen molar-refractivity contribution < 1.29 is 9.18 Å². The van der Waals surface area contributed by atoms with Gasteiger partial charge in [0.25, 0.3) is 0 Å². The molecule has 1 aromatic heterocycles. The molecule has 72 valence electrons. The second kappa shape index (κ2) is 3.23. The molecule has 0 saturated carbocycles. The molecule has 1 heterocycles.